The van der Waals surface area contributed by atoms with Crippen LogP contribution in [0.4, 0.5) is 0 Å². The molecule has 0 aliphatic heterocycles. The summed E-state index contributed by atoms with van der Waals surface area (Å²) in [4.78, 5) is 6.25. The van der Waals surface area contributed by atoms with Gasteiger partial charge in [0, 0.05) is 28.2 Å². The zero-order valence-electron chi connectivity index (χ0n) is 7.92. The van der Waals surface area contributed by atoms with Gasteiger partial charge in [-0.05, 0) is 35.9 Å². The summed E-state index contributed by atoms with van der Waals surface area (Å²) in [6.07, 6.45) is 6.86. The molecular formula is C12H8N2S. The summed E-state index contributed by atoms with van der Waals surface area (Å²) in [6.45, 7) is 0. The first-order valence-electron chi connectivity index (χ1n) is 4.46. The van der Waals surface area contributed by atoms with Gasteiger partial charge in [-0.1, -0.05) is 0 Å². The Balaban J connectivity index is 2.29. The van der Waals surface area contributed by atoms with Crippen LogP contribution in [0, 0.1) is 11.3 Å². The first-order valence-corrected chi connectivity index (χ1v) is 5.28. The van der Waals surface area contributed by atoms with Crippen LogP contribution in [0.15, 0.2) is 42.7 Å². The molecule has 0 amide bonds. The summed E-state index contributed by atoms with van der Waals surface area (Å²) < 4.78 is 0. The summed E-state index contributed by atoms with van der Waals surface area (Å²) in [5.41, 5.74) is 1.16. The van der Waals surface area contributed by atoms with Crippen molar-refractivity contribution in [1.29, 1.82) is 5.26 Å². The lowest BCUT2D eigenvalue weighted by Crippen LogP contribution is -1.71. The number of thiophene rings is 1. The summed E-state index contributed by atoms with van der Waals surface area (Å²) in [7, 11) is 0. The second-order valence-electron chi connectivity index (χ2n) is 2.90. The number of rotatable bonds is 2. The van der Waals surface area contributed by atoms with E-state index in [1.807, 2.05) is 30.3 Å². The number of nitrogens with zero attached hydrogens (tertiary/aromatic N) is 2. The minimum atomic E-state index is 1.09. The first-order chi connectivity index (χ1) is 7.40. The van der Waals surface area contributed by atoms with E-state index >= 15 is 0 Å². The molecule has 2 heterocycles. The molecule has 3 heteroatoms. The van der Waals surface area contributed by atoms with E-state index in [0.717, 1.165) is 10.4 Å². The molecule has 0 fully saturated rings. The van der Waals surface area contributed by atoms with E-state index in [4.69, 9.17) is 5.26 Å². The quantitative estimate of drug-likeness (QED) is 0.716. The summed E-state index contributed by atoms with van der Waals surface area (Å²) >= 11 is 1.66. The lowest BCUT2D eigenvalue weighted by molar-refractivity contribution is 1.33. The average Bonchev–Trinajstić information content (AvgIpc) is 2.76. The maximum absolute atomic E-state index is 8.41. The van der Waals surface area contributed by atoms with Crippen LogP contribution < -0.4 is 0 Å². The fourth-order valence-corrected chi connectivity index (χ4v) is 2.15. The van der Waals surface area contributed by atoms with E-state index in [9.17, 15) is 0 Å². The maximum atomic E-state index is 8.41. The third-order valence-electron chi connectivity index (χ3n) is 1.91. The maximum Gasteiger partial charge on any atom is 0.0912 e. The number of allylic oxidation sites excluding steroid dienone is 1. The van der Waals surface area contributed by atoms with E-state index in [2.05, 4.69) is 11.1 Å². The van der Waals surface area contributed by atoms with Crippen molar-refractivity contribution >= 4 is 17.4 Å². The molecule has 15 heavy (non-hydrogen) atoms. The van der Waals surface area contributed by atoms with Crippen LogP contribution in [-0.4, -0.2) is 4.98 Å². The molecule has 0 spiro atoms. The summed E-state index contributed by atoms with van der Waals surface area (Å²) in [6, 6.07) is 9.99. The molecule has 0 N–H and O–H groups in total. The van der Waals surface area contributed by atoms with E-state index in [1.165, 1.54) is 11.0 Å². The Labute approximate surface area is 92.1 Å². The third kappa shape index (κ3) is 2.30. The van der Waals surface area contributed by atoms with Crippen molar-refractivity contribution in [2.75, 3.05) is 0 Å². The lowest BCUT2D eigenvalue weighted by atomic mass is 10.2. The van der Waals surface area contributed by atoms with Crippen molar-refractivity contribution < 1.29 is 0 Å². The van der Waals surface area contributed by atoms with Crippen molar-refractivity contribution in [2.45, 2.75) is 0 Å². The van der Waals surface area contributed by atoms with Gasteiger partial charge in [-0.25, -0.2) is 0 Å². The lowest BCUT2D eigenvalue weighted by Gasteiger charge is -1.93. The van der Waals surface area contributed by atoms with Gasteiger partial charge in [-0.15, -0.1) is 11.3 Å². The van der Waals surface area contributed by atoms with Crippen LogP contribution in [0.3, 0.4) is 0 Å². The number of aromatic nitrogens is 1. The fraction of sp³-hybridized carbons (Fsp3) is 0. The van der Waals surface area contributed by atoms with E-state index in [0.29, 0.717) is 0 Å². The molecule has 0 aromatic carbocycles. The zero-order valence-corrected chi connectivity index (χ0v) is 8.74. The predicted molar refractivity (Wildman–Crippen MR) is 62.2 cm³/mol. The molecule has 0 aliphatic carbocycles. The zero-order chi connectivity index (χ0) is 10.5. The molecule has 0 saturated carbocycles. The molecule has 2 rings (SSSR count). The Morgan fingerprint density at radius 2 is 2.00 bits per heavy atom. The highest BCUT2D eigenvalue weighted by molar-refractivity contribution is 7.16. The van der Waals surface area contributed by atoms with Gasteiger partial charge in [-0.3, -0.25) is 4.98 Å². The first kappa shape index (κ1) is 9.63. The Hall–Kier alpha value is -1.92. The molecule has 72 valence electrons. The topological polar surface area (TPSA) is 36.7 Å². The van der Waals surface area contributed by atoms with Crippen LogP contribution in [0.1, 0.15) is 4.88 Å². The van der Waals surface area contributed by atoms with Crippen LogP contribution in [0.25, 0.3) is 16.5 Å². The second-order valence-corrected chi connectivity index (χ2v) is 4.02. The monoisotopic (exact) mass is 212 g/mol. The van der Waals surface area contributed by atoms with Gasteiger partial charge in [0.05, 0.1) is 6.07 Å². The average molecular weight is 212 g/mol. The molecule has 0 bridgehead atoms. The smallest absolute Gasteiger partial charge is 0.0912 e. The van der Waals surface area contributed by atoms with Gasteiger partial charge in [-0.2, -0.15) is 5.26 Å². The normalized spacial score (nSPS) is 10.3. The Kier molecular flexibility index (Phi) is 2.91. The summed E-state index contributed by atoms with van der Waals surface area (Å²) in [5, 5.41) is 8.41. The van der Waals surface area contributed by atoms with Crippen LogP contribution >= 0.6 is 11.3 Å². The van der Waals surface area contributed by atoms with E-state index in [-0.39, 0.29) is 0 Å². The fourth-order valence-electron chi connectivity index (χ4n) is 1.23. The predicted octanol–water partition coefficient (Wildman–Crippen LogP) is 3.35. The Bertz CT molecular complexity index is 506. The highest BCUT2D eigenvalue weighted by Gasteiger charge is 1.99. The van der Waals surface area contributed by atoms with Crippen LogP contribution in [-0.2, 0) is 0 Å². The van der Waals surface area contributed by atoms with Gasteiger partial charge >= 0.3 is 0 Å². The molecule has 0 atom stereocenters. The standard InChI is InChI=1S/C12H8N2S/c13-7-1-2-11-3-4-12(15-11)10-5-8-14-9-6-10/h1-6,8-9H. The highest BCUT2D eigenvalue weighted by atomic mass is 32.1. The van der Waals surface area contributed by atoms with Gasteiger partial charge in [0.1, 0.15) is 0 Å². The van der Waals surface area contributed by atoms with Gasteiger partial charge in [0.25, 0.3) is 0 Å². The minimum absolute atomic E-state index is 1.09. The molecule has 2 aromatic heterocycles. The molecular weight excluding hydrogens is 204 g/mol. The largest absolute Gasteiger partial charge is 0.265 e. The number of nitriles is 1. The van der Waals surface area contributed by atoms with Crippen LogP contribution in [0.2, 0.25) is 0 Å². The third-order valence-corrected chi connectivity index (χ3v) is 3.01. The van der Waals surface area contributed by atoms with Crippen molar-refractivity contribution in [3.8, 4) is 16.5 Å². The van der Waals surface area contributed by atoms with Crippen LogP contribution in [0.5, 0.6) is 0 Å². The van der Waals surface area contributed by atoms with Crippen molar-refractivity contribution in [3.05, 3.63) is 47.6 Å². The van der Waals surface area contributed by atoms with Crippen molar-refractivity contribution in [2.24, 2.45) is 0 Å². The molecule has 2 nitrogen and oxygen atoms in total. The number of hydrogen-bond donors (Lipinski definition) is 0. The van der Waals surface area contributed by atoms with E-state index < -0.39 is 0 Å². The SMILES string of the molecule is N#CC=Cc1ccc(-c2ccncc2)s1. The van der Waals surface area contributed by atoms with Gasteiger partial charge < -0.3 is 0 Å². The molecule has 0 saturated heterocycles. The van der Waals surface area contributed by atoms with Gasteiger partial charge in [0.15, 0.2) is 0 Å². The van der Waals surface area contributed by atoms with E-state index in [1.54, 1.807) is 23.7 Å². The number of pyridine rings is 1. The molecule has 0 radical (unpaired) electrons. The highest BCUT2D eigenvalue weighted by Crippen LogP contribution is 2.28. The Morgan fingerprint density at radius 3 is 2.73 bits per heavy atom. The van der Waals surface area contributed by atoms with Gasteiger partial charge in [0.2, 0.25) is 0 Å². The number of hydrogen-bond acceptors (Lipinski definition) is 3. The van der Waals surface area contributed by atoms with Crippen molar-refractivity contribution in [1.82, 2.24) is 4.98 Å². The Morgan fingerprint density at radius 1 is 1.20 bits per heavy atom. The molecule has 0 unspecified atom stereocenters. The minimum Gasteiger partial charge on any atom is -0.265 e. The molecule has 0 aliphatic rings. The molecule has 2 aromatic rings. The summed E-state index contributed by atoms with van der Waals surface area (Å²) in [5.74, 6) is 0. The van der Waals surface area contributed by atoms with Crippen molar-refractivity contribution in [3.63, 3.8) is 0 Å². The second kappa shape index (κ2) is 4.54.